The first kappa shape index (κ1) is 21.9. The van der Waals surface area contributed by atoms with Crippen LogP contribution in [0.3, 0.4) is 0 Å². The standard InChI is InChI=1S/C16H22Br2N2O3.ClH/c1-9(21)16(23)20-15-10(6-11(17)7-14(15)18)8-19-12-2-4-13(22)5-3-12;/h6-7,9,12-13,19,21-22H,2-5,8H2,1H3,(H,20,23);1H/t9-,12?,13?;/m0./s1. The van der Waals surface area contributed by atoms with Gasteiger partial charge in [0.1, 0.15) is 6.10 Å². The summed E-state index contributed by atoms with van der Waals surface area (Å²) in [4.78, 5) is 11.8. The lowest BCUT2D eigenvalue weighted by molar-refractivity contribution is -0.123. The van der Waals surface area contributed by atoms with Crippen molar-refractivity contribution in [1.82, 2.24) is 5.32 Å². The number of aliphatic hydroxyl groups excluding tert-OH is 2. The number of nitrogens with one attached hydrogen (secondary N) is 2. The van der Waals surface area contributed by atoms with Crippen LogP contribution < -0.4 is 10.6 Å². The molecule has 1 aromatic carbocycles. The average Bonchev–Trinajstić information content (AvgIpc) is 2.49. The first-order valence-electron chi connectivity index (χ1n) is 7.75. The SMILES string of the molecule is C[C@H](O)C(=O)Nc1c(Br)cc(Br)cc1CNC1CCC(O)CC1.Cl. The van der Waals surface area contributed by atoms with Crippen molar-refractivity contribution in [2.24, 2.45) is 0 Å². The Kier molecular flexibility index (Phi) is 9.19. The van der Waals surface area contributed by atoms with Crippen molar-refractivity contribution in [1.29, 1.82) is 0 Å². The van der Waals surface area contributed by atoms with E-state index in [-0.39, 0.29) is 18.5 Å². The molecule has 1 saturated carbocycles. The van der Waals surface area contributed by atoms with E-state index in [2.05, 4.69) is 42.5 Å². The second-order valence-corrected chi connectivity index (χ2v) is 7.74. The number of aliphatic hydroxyl groups is 2. The summed E-state index contributed by atoms with van der Waals surface area (Å²) >= 11 is 6.93. The molecule has 0 unspecified atom stereocenters. The van der Waals surface area contributed by atoms with Crippen molar-refractivity contribution >= 4 is 55.9 Å². The highest BCUT2D eigenvalue weighted by atomic mass is 79.9. The van der Waals surface area contributed by atoms with Crippen molar-refractivity contribution in [3.63, 3.8) is 0 Å². The Morgan fingerprint density at radius 2 is 1.92 bits per heavy atom. The topological polar surface area (TPSA) is 81.6 Å². The van der Waals surface area contributed by atoms with Gasteiger partial charge in [0.05, 0.1) is 11.8 Å². The summed E-state index contributed by atoms with van der Waals surface area (Å²) in [6.45, 7) is 2.04. The van der Waals surface area contributed by atoms with Gasteiger partial charge in [0.25, 0.3) is 5.91 Å². The summed E-state index contributed by atoms with van der Waals surface area (Å²) < 4.78 is 1.67. The van der Waals surface area contributed by atoms with Gasteiger partial charge >= 0.3 is 0 Å². The lowest BCUT2D eigenvalue weighted by atomic mass is 9.93. The minimum Gasteiger partial charge on any atom is -0.393 e. The van der Waals surface area contributed by atoms with Gasteiger partial charge in [-0.2, -0.15) is 0 Å². The predicted molar refractivity (Wildman–Crippen MR) is 105 cm³/mol. The van der Waals surface area contributed by atoms with Crippen LogP contribution in [0.2, 0.25) is 0 Å². The predicted octanol–water partition coefficient (Wildman–Crippen LogP) is 3.35. The zero-order valence-electron chi connectivity index (χ0n) is 13.4. The molecular weight excluding hydrogens is 463 g/mol. The molecule has 1 fully saturated rings. The van der Waals surface area contributed by atoms with Crippen LogP contribution >= 0.6 is 44.3 Å². The quantitative estimate of drug-likeness (QED) is 0.515. The fourth-order valence-corrected chi connectivity index (χ4v) is 4.08. The van der Waals surface area contributed by atoms with Crippen molar-refractivity contribution < 1.29 is 15.0 Å². The van der Waals surface area contributed by atoms with Crippen LogP contribution in [0, 0.1) is 0 Å². The van der Waals surface area contributed by atoms with Crippen LogP contribution in [0.15, 0.2) is 21.1 Å². The highest BCUT2D eigenvalue weighted by Gasteiger charge is 2.20. The van der Waals surface area contributed by atoms with Crippen LogP contribution in [-0.4, -0.2) is 34.4 Å². The van der Waals surface area contributed by atoms with Crippen molar-refractivity contribution in [2.75, 3.05) is 5.32 Å². The van der Waals surface area contributed by atoms with Gasteiger partial charge < -0.3 is 20.8 Å². The summed E-state index contributed by atoms with van der Waals surface area (Å²) in [5.74, 6) is -0.435. The van der Waals surface area contributed by atoms with Gasteiger partial charge in [0, 0.05) is 21.5 Å². The zero-order chi connectivity index (χ0) is 17.0. The summed E-state index contributed by atoms with van der Waals surface area (Å²) in [6.07, 6.45) is 2.31. The molecule has 2 rings (SSSR count). The molecule has 1 aliphatic rings. The second-order valence-electron chi connectivity index (χ2n) is 5.97. The molecule has 0 bridgehead atoms. The Balaban J connectivity index is 0.00000288. The third-order valence-corrected chi connectivity index (χ3v) is 5.13. The zero-order valence-corrected chi connectivity index (χ0v) is 17.4. The van der Waals surface area contributed by atoms with Crippen LogP contribution in [-0.2, 0) is 11.3 Å². The average molecular weight is 487 g/mol. The minimum atomic E-state index is -1.06. The molecule has 0 aromatic heterocycles. The molecule has 5 nitrogen and oxygen atoms in total. The van der Waals surface area contributed by atoms with E-state index in [1.54, 1.807) is 0 Å². The number of rotatable bonds is 5. The summed E-state index contributed by atoms with van der Waals surface area (Å²) in [5.41, 5.74) is 1.61. The number of carbonyl (C=O) groups is 1. The van der Waals surface area contributed by atoms with Crippen LogP contribution in [0.4, 0.5) is 5.69 Å². The molecule has 1 aromatic rings. The van der Waals surface area contributed by atoms with E-state index in [1.807, 2.05) is 12.1 Å². The first-order chi connectivity index (χ1) is 10.9. The van der Waals surface area contributed by atoms with Gasteiger partial charge in [0.2, 0.25) is 0 Å². The Labute approximate surface area is 165 Å². The van der Waals surface area contributed by atoms with Gasteiger partial charge in [-0.1, -0.05) is 15.9 Å². The highest BCUT2D eigenvalue weighted by Crippen LogP contribution is 2.31. The Bertz CT molecular complexity index is 564. The Morgan fingerprint density at radius 3 is 2.50 bits per heavy atom. The van der Waals surface area contributed by atoms with E-state index >= 15 is 0 Å². The molecule has 136 valence electrons. The highest BCUT2D eigenvalue weighted by molar-refractivity contribution is 9.11. The molecule has 0 heterocycles. The lowest BCUT2D eigenvalue weighted by Crippen LogP contribution is -2.34. The molecule has 1 amide bonds. The number of hydrogen-bond donors (Lipinski definition) is 4. The Hall–Kier alpha value is -0.180. The smallest absolute Gasteiger partial charge is 0.252 e. The monoisotopic (exact) mass is 484 g/mol. The van der Waals surface area contributed by atoms with E-state index in [4.69, 9.17) is 0 Å². The van der Waals surface area contributed by atoms with E-state index in [1.165, 1.54) is 6.92 Å². The summed E-state index contributed by atoms with van der Waals surface area (Å²) in [5, 5.41) is 25.2. The molecule has 0 saturated heterocycles. The largest absolute Gasteiger partial charge is 0.393 e. The van der Waals surface area contributed by atoms with Crippen molar-refractivity contribution in [3.05, 3.63) is 26.6 Å². The summed E-state index contributed by atoms with van der Waals surface area (Å²) in [7, 11) is 0. The molecule has 0 aliphatic heterocycles. The summed E-state index contributed by atoms with van der Waals surface area (Å²) in [6, 6.07) is 4.18. The number of halogens is 3. The van der Waals surface area contributed by atoms with Gasteiger partial charge in [-0.3, -0.25) is 4.79 Å². The molecule has 4 N–H and O–H groups in total. The van der Waals surface area contributed by atoms with Gasteiger partial charge in [0.15, 0.2) is 0 Å². The van der Waals surface area contributed by atoms with Crippen molar-refractivity contribution in [3.8, 4) is 0 Å². The normalized spacial score (nSPS) is 21.7. The fraction of sp³-hybridized carbons (Fsp3) is 0.562. The molecule has 1 atom stereocenters. The third kappa shape index (κ3) is 6.28. The number of amides is 1. The molecule has 24 heavy (non-hydrogen) atoms. The third-order valence-electron chi connectivity index (χ3n) is 4.04. The maximum Gasteiger partial charge on any atom is 0.252 e. The number of hydrogen-bond acceptors (Lipinski definition) is 4. The van der Waals surface area contributed by atoms with Gasteiger partial charge in [-0.05, 0) is 66.2 Å². The van der Waals surface area contributed by atoms with Crippen molar-refractivity contribution in [2.45, 2.75) is 57.4 Å². The minimum absolute atomic E-state index is 0. The molecule has 0 radical (unpaired) electrons. The van der Waals surface area contributed by atoms with E-state index in [9.17, 15) is 15.0 Å². The fourth-order valence-electron chi connectivity index (χ4n) is 2.67. The second kappa shape index (κ2) is 10.1. The molecule has 0 spiro atoms. The van der Waals surface area contributed by atoms with Crippen LogP contribution in [0.1, 0.15) is 38.2 Å². The van der Waals surface area contributed by atoms with Gasteiger partial charge in [-0.15, -0.1) is 12.4 Å². The van der Waals surface area contributed by atoms with E-state index < -0.39 is 12.0 Å². The van der Waals surface area contributed by atoms with E-state index in [0.29, 0.717) is 18.3 Å². The molecular formula is C16H23Br2ClN2O3. The number of carbonyl (C=O) groups excluding carboxylic acids is 1. The number of benzene rings is 1. The molecule has 8 heteroatoms. The molecule has 1 aliphatic carbocycles. The Morgan fingerprint density at radius 1 is 1.29 bits per heavy atom. The number of anilines is 1. The van der Waals surface area contributed by atoms with Crippen LogP contribution in [0.5, 0.6) is 0 Å². The maximum absolute atomic E-state index is 11.8. The maximum atomic E-state index is 11.8. The van der Waals surface area contributed by atoms with E-state index in [0.717, 1.165) is 40.2 Å². The first-order valence-corrected chi connectivity index (χ1v) is 9.33. The van der Waals surface area contributed by atoms with Gasteiger partial charge in [-0.25, -0.2) is 0 Å². The van der Waals surface area contributed by atoms with Crippen LogP contribution in [0.25, 0.3) is 0 Å². The lowest BCUT2D eigenvalue weighted by Gasteiger charge is -2.27.